The second-order valence-corrected chi connectivity index (χ2v) is 2.56. The minimum absolute atomic E-state index is 1.23. The molecule has 0 saturated carbocycles. The Bertz CT molecular complexity index is 418. The molecule has 0 rings (SSSR count). The van der Waals surface area contributed by atoms with Gasteiger partial charge in [-0.3, -0.25) is 0 Å². The van der Waals surface area contributed by atoms with E-state index < -0.39 is 0 Å². The van der Waals surface area contributed by atoms with Gasteiger partial charge in [0.25, 0.3) is 0 Å². The third-order valence-corrected chi connectivity index (χ3v) is 1.37. The van der Waals surface area contributed by atoms with E-state index in [0.717, 1.165) is 0 Å². The standard InChI is InChI=1S/CB13N3/c2-3-17-14-12-10-8-6-4-5-7-9-11-13-16-1-15. The molecule has 0 unspecified atom stereocenters. The Morgan fingerprint density at radius 1 is 0.824 bits per heavy atom. The first kappa shape index (κ1) is 16.9. The van der Waals surface area contributed by atoms with Crippen molar-refractivity contribution in [3.63, 3.8) is 0 Å². The second-order valence-electron chi connectivity index (χ2n) is 2.56. The molecular weight excluding hydrogens is 195 g/mol. The van der Waals surface area contributed by atoms with E-state index in [1.807, 2.05) is 40.2 Å². The fraction of sp³-hybridized carbons (Fsp3) is 0. The summed E-state index contributed by atoms with van der Waals surface area (Å²) in [6.45, 7) is 20.6. The first-order valence-corrected chi connectivity index (χ1v) is 4.89. The summed E-state index contributed by atoms with van der Waals surface area (Å²) in [5.74, 6) is 0. The zero-order chi connectivity index (χ0) is 12.6. The number of hydrogen-bond donors (Lipinski definition) is 0. The summed E-state index contributed by atoms with van der Waals surface area (Å²) < 4.78 is 0. The van der Waals surface area contributed by atoms with Crippen LogP contribution >= 0.6 is 0 Å². The van der Waals surface area contributed by atoms with Crippen LogP contribution in [0.1, 0.15) is 0 Å². The molecule has 0 aliphatic carbocycles. The Balaban J connectivity index is 3.81. The monoisotopic (exact) mass is 197 g/mol. The van der Waals surface area contributed by atoms with Crippen LogP contribution in [-0.2, 0) is 0 Å². The van der Waals surface area contributed by atoms with E-state index in [-0.39, 0.29) is 0 Å². The van der Waals surface area contributed by atoms with Gasteiger partial charge in [0.15, 0.2) is 0 Å². The maximum atomic E-state index is 8.10. The Morgan fingerprint density at radius 2 is 1.35 bits per heavy atom. The molecule has 0 aliphatic rings. The van der Waals surface area contributed by atoms with E-state index in [0.29, 0.717) is 0 Å². The van der Waals surface area contributed by atoms with Crippen molar-refractivity contribution >= 4 is 88.8 Å². The third kappa shape index (κ3) is 15.9. The van der Waals surface area contributed by atoms with Crippen LogP contribution in [0.2, 0.25) is 0 Å². The van der Waals surface area contributed by atoms with Gasteiger partial charge in [-0.2, -0.15) is 0 Å². The van der Waals surface area contributed by atoms with E-state index in [2.05, 4.69) is 9.70 Å². The average Bonchev–Trinajstić information content (AvgIpc) is 2.35. The van der Waals surface area contributed by atoms with E-state index >= 15 is 0 Å². The van der Waals surface area contributed by atoms with Gasteiger partial charge in [-0.1, -0.05) is 0 Å². The van der Waals surface area contributed by atoms with Gasteiger partial charge >= 0.3 is 110 Å². The summed E-state index contributed by atoms with van der Waals surface area (Å²) in [6, 6.07) is 0. The number of hydrogen-bond acceptors (Lipinski definition) is 3. The van der Waals surface area contributed by atoms with Gasteiger partial charge in [0.2, 0.25) is 0 Å². The van der Waals surface area contributed by atoms with E-state index in [1.165, 1.54) is 13.9 Å². The molecule has 58 valence electrons. The van der Waals surface area contributed by atoms with Gasteiger partial charge in [0.1, 0.15) is 0 Å². The fourth-order valence-electron chi connectivity index (χ4n) is 0.724. The van der Waals surface area contributed by atoms with Crippen molar-refractivity contribution < 1.29 is 0 Å². The summed E-state index contributed by atoms with van der Waals surface area (Å²) in [6.07, 6.45) is 1.65. The quantitative estimate of drug-likeness (QED) is 0.310. The van der Waals surface area contributed by atoms with Crippen molar-refractivity contribution in [3.8, 4) is 6.19 Å². The van der Waals surface area contributed by atoms with E-state index in [1.54, 1.807) is 33.2 Å². The normalized spacial score (nSPS) is 7.94. The van der Waals surface area contributed by atoms with Crippen LogP contribution in [0.15, 0.2) is 9.70 Å². The van der Waals surface area contributed by atoms with E-state index in [4.69, 9.17) is 13.0 Å². The van der Waals surface area contributed by atoms with Gasteiger partial charge < -0.3 is 0 Å². The van der Waals surface area contributed by atoms with Crippen molar-refractivity contribution in [1.29, 1.82) is 5.26 Å². The maximum absolute atomic E-state index is 8.10. The first-order valence-electron chi connectivity index (χ1n) is 4.89. The second kappa shape index (κ2) is 15.9. The van der Waals surface area contributed by atoms with Crippen molar-refractivity contribution in [2.45, 2.75) is 0 Å². The summed E-state index contributed by atoms with van der Waals surface area (Å²) in [5.41, 5.74) is 0. The third-order valence-electron chi connectivity index (χ3n) is 1.37. The molecule has 0 fully saturated rings. The predicted octanol–water partition coefficient (Wildman–Crippen LogP) is -4.57. The molecule has 0 atom stereocenters. The molecule has 0 spiro atoms. The number of nitriles is 1. The fourth-order valence-corrected chi connectivity index (χ4v) is 0.724. The van der Waals surface area contributed by atoms with Gasteiger partial charge in [0, 0.05) is 0 Å². The Morgan fingerprint density at radius 3 is 1.88 bits per heavy atom. The topological polar surface area (TPSA) is 48.5 Å². The average molecular weight is 195 g/mol. The van der Waals surface area contributed by atoms with Gasteiger partial charge in [-0.25, -0.2) is 0 Å². The van der Waals surface area contributed by atoms with Crippen molar-refractivity contribution in [2.24, 2.45) is 9.70 Å². The van der Waals surface area contributed by atoms with Crippen LogP contribution in [0.3, 0.4) is 0 Å². The molecule has 0 amide bonds. The van der Waals surface area contributed by atoms with Crippen molar-refractivity contribution in [2.75, 3.05) is 0 Å². The number of rotatable bonds is 6. The number of nitrogens with zero attached hydrogens (tertiary/aromatic N) is 3. The Labute approximate surface area is 110 Å². The zero-order valence-electron chi connectivity index (χ0n) is 9.35. The molecular formula is CB13N3. The van der Waals surface area contributed by atoms with Crippen LogP contribution in [-0.4, -0.2) is 88.8 Å². The molecule has 0 aliphatic heterocycles. The van der Waals surface area contributed by atoms with Crippen molar-refractivity contribution in [3.05, 3.63) is 0 Å². The molecule has 0 aromatic rings. The zero-order valence-corrected chi connectivity index (χ0v) is 9.35. The summed E-state index contributed by atoms with van der Waals surface area (Å²) >= 11 is 0. The molecule has 0 N–H and O–H groups in total. The van der Waals surface area contributed by atoms with Crippen LogP contribution < -0.4 is 0 Å². The van der Waals surface area contributed by atoms with Gasteiger partial charge in [-0.05, 0) is 0 Å². The molecule has 2 radical (unpaired) electrons. The summed E-state index contributed by atoms with van der Waals surface area (Å²) in [7, 11) is 5.04. The van der Waals surface area contributed by atoms with Gasteiger partial charge in [-0.15, -0.1) is 0 Å². The van der Waals surface area contributed by atoms with Crippen LogP contribution in [0.5, 0.6) is 0 Å². The molecule has 0 aromatic carbocycles. The van der Waals surface area contributed by atoms with Crippen molar-refractivity contribution in [1.82, 2.24) is 0 Å². The molecule has 16 heteroatoms. The Kier molecular flexibility index (Phi) is 15.9. The molecule has 0 aromatic heterocycles. The van der Waals surface area contributed by atoms with E-state index in [9.17, 15) is 0 Å². The van der Waals surface area contributed by atoms with Gasteiger partial charge in [0.05, 0.1) is 0 Å². The van der Waals surface area contributed by atoms with Crippen LogP contribution in [0.4, 0.5) is 0 Å². The van der Waals surface area contributed by atoms with Crippen LogP contribution in [0, 0.1) is 11.5 Å². The minimum atomic E-state index is 1.23. The van der Waals surface area contributed by atoms with Crippen LogP contribution in [0.25, 0.3) is 0 Å². The summed E-state index contributed by atoms with van der Waals surface area (Å²) in [4.78, 5) is 7.05. The molecule has 0 saturated heterocycles. The molecule has 0 heterocycles. The molecule has 3 nitrogen and oxygen atoms in total. The Hall–Kier alpha value is -0.0658. The summed E-state index contributed by atoms with van der Waals surface area (Å²) in [5, 5.41) is 8.10. The molecule has 17 heavy (non-hydrogen) atoms. The first-order chi connectivity index (χ1) is 8.41. The SMILES string of the molecule is [B]B=NB=BB=BB=BB=BB=BB=NC#N. The molecule has 0 bridgehead atoms. The predicted molar refractivity (Wildman–Crippen MR) is 85.3 cm³/mol.